The van der Waals surface area contributed by atoms with Gasteiger partial charge in [0.15, 0.2) is 0 Å². The predicted octanol–water partition coefficient (Wildman–Crippen LogP) is 8.57. The Morgan fingerprint density at radius 3 is 2.47 bits per heavy atom. The second-order valence-electron chi connectivity index (χ2n) is 18.3. The van der Waals surface area contributed by atoms with Crippen molar-refractivity contribution >= 4 is 45.8 Å². The van der Waals surface area contributed by atoms with Crippen LogP contribution in [0.25, 0.3) is 44.2 Å². The maximum absolute atomic E-state index is 14.5. The number of imidazole rings is 2. The molecule has 0 bridgehead atoms. The van der Waals surface area contributed by atoms with Gasteiger partial charge in [0, 0.05) is 36.2 Å². The van der Waals surface area contributed by atoms with Gasteiger partial charge >= 0.3 is 12.2 Å². The summed E-state index contributed by atoms with van der Waals surface area (Å²) in [6.07, 6.45) is 4.17. The molecule has 2 saturated heterocycles. The van der Waals surface area contributed by atoms with E-state index in [4.69, 9.17) is 28.9 Å². The Balaban J connectivity index is 1.06. The number of carbonyl (C=O) groups excluding carboxylic acids is 4. The average Bonchev–Trinajstić information content (AvgIpc) is 4.00. The molecule has 9 atom stereocenters. The summed E-state index contributed by atoms with van der Waals surface area (Å²) in [5, 5.41) is 7.63. The third kappa shape index (κ3) is 8.67. The molecule has 0 saturated carbocycles. The lowest BCUT2D eigenvalue weighted by Gasteiger charge is -2.37. The normalized spacial score (nSPS) is 21.5. The van der Waals surface area contributed by atoms with Gasteiger partial charge in [-0.1, -0.05) is 52.3 Å². The Bertz CT molecular complexity index is 2610. The minimum atomic E-state index is -0.746. The molecule has 0 radical (unpaired) electrons. The molecule has 8 rings (SSSR count). The maximum atomic E-state index is 14.5. The highest BCUT2D eigenvalue weighted by molar-refractivity contribution is 6.07. The summed E-state index contributed by atoms with van der Waals surface area (Å²) in [5.41, 5.74) is 6.48. The van der Waals surface area contributed by atoms with Gasteiger partial charge < -0.3 is 49.3 Å². The number of benzene rings is 3. The third-order valence-corrected chi connectivity index (χ3v) is 14.5. The topological polar surface area (TPSA) is 193 Å². The Morgan fingerprint density at radius 2 is 1.74 bits per heavy atom. The summed E-state index contributed by atoms with van der Waals surface area (Å²) < 4.78 is 22.2. The van der Waals surface area contributed by atoms with Crippen LogP contribution in [0.4, 0.5) is 9.59 Å². The van der Waals surface area contributed by atoms with Crippen molar-refractivity contribution in [3.8, 4) is 28.1 Å². The first-order valence-electron chi connectivity index (χ1n) is 23.5. The van der Waals surface area contributed by atoms with E-state index >= 15 is 0 Å². The number of nitrogens with zero attached hydrogens (tertiary/aromatic N) is 4. The first-order valence-corrected chi connectivity index (χ1v) is 23.5. The zero-order valence-electron chi connectivity index (χ0n) is 39.5. The number of hydrogen-bond acceptors (Lipinski definition) is 10. The fourth-order valence-corrected chi connectivity index (χ4v) is 10.4. The number of ether oxygens (including phenoxy) is 4. The molecule has 5 aromatic rings. The molecule has 3 aliphatic heterocycles. The van der Waals surface area contributed by atoms with E-state index in [0.29, 0.717) is 44.3 Å². The van der Waals surface area contributed by atoms with Crippen LogP contribution >= 0.6 is 0 Å². The first-order chi connectivity index (χ1) is 31.8. The molecule has 16 heteroatoms. The minimum absolute atomic E-state index is 0.0525. The van der Waals surface area contributed by atoms with Crippen LogP contribution in [0, 0.1) is 17.8 Å². The quantitative estimate of drug-likeness (QED) is 0.0890. The maximum Gasteiger partial charge on any atom is 0.407 e. The number of likely N-dealkylation sites (tertiary alicyclic amines) is 1. The first kappa shape index (κ1) is 46.4. The molecule has 2 aromatic heterocycles. The van der Waals surface area contributed by atoms with Gasteiger partial charge in [0.25, 0.3) is 0 Å². The van der Waals surface area contributed by atoms with Gasteiger partial charge in [-0.05, 0) is 111 Å². The van der Waals surface area contributed by atoms with Crippen LogP contribution in [-0.4, -0.2) is 105 Å². The minimum Gasteiger partial charge on any atom is -0.488 e. The van der Waals surface area contributed by atoms with E-state index < -0.39 is 36.4 Å². The van der Waals surface area contributed by atoms with E-state index in [1.807, 2.05) is 57.4 Å². The number of nitrogens with one attached hydrogen (secondary N) is 4. The van der Waals surface area contributed by atoms with E-state index in [9.17, 15) is 19.2 Å². The molecular formula is C50H64N8O8. The fraction of sp³-hybridized carbons (Fsp3) is 0.520. The van der Waals surface area contributed by atoms with Crippen LogP contribution in [-0.2, 0) is 30.4 Å². The average molecular weight is 905 g/mol. The Labute approximate surface area is 385 Å². The lowest BCUT2D eigenvalue weighted by molar-refractivity contribution is -0.140. The van der Waals surface area contributed by atoms with Crippen molar-refractivity contribution in [2.24, 2.45) is 17.8 Å². The largest absolute Gasteiger partial charge is 0.488 e. The van der Waals surface area contributed by atoms with Crippen molar-refractivity contribution in [2.75, 3.05) is 27.4 Å². The monoisotopic (exact) mass is 904 g/mol. The van der Waals surface area contributed by atoms with Crippen LogP contribution in [0.3, 0.4) is 0 Å². The van der Waals surface area contributed by atoms with Gasteiger partial charge in [-0.3, -0.25) is 9.59 Å². The Morgan fingerprint density at radius 1 is 0.955 bits per heavy atom. The molecule has 2 fully saturated rings. The standard InChI is InChI=1S/C50H64N8O8/c1-10-26(4)42(55-49(61)63-8)47(59)57(27(5)11-2)28(6)45-51-23-40(53-45)31-13-15-35-32(19-31)25-66-41-22-37-30(21-38(35)41)14-16-39-43(37)54-46(52-39)29(7)58-34(12-3)20-33-24-65-18-17-36(33)44(48(58)60)56-50(62)64-9/h13-16,19,21-23,26-29,33-34,36,42,44H,10-12,17-18,20,24-25H2,1-9H3,(H,51,53)(H,52,54)(H,55,61)(H,56,62)/t26-,27-,28-,29-,33?,34+,36?,42?,44-/m0/s1. The van der Waals surface area contributed by atoms with Gasteiger partial charge in [-0.25, -0.2) is 19.6 Å². The van der Waals surface area contributed by atoms with E-state index in [-0.39, 0.29) is 41.7 Å². The number of hydrogen-bond donors (Lipinski definition) is 4. The molecule has 4 amide bonds. The Hall–Kier alpha value is -6.16. The lowest BCUT2D eigenvalue weighted by Crippen LogP contribution is -2.54. The summed E-state index contributed by atoms with van der Waals surface area (Å²) in [4.78, 5) is 74.2. The van der Waals surface area contributed by atoms with E-state index in [1.54, 1.807) is 6.20 Å². The summed E-state index contributed by atoms with van der Waals surface area (Å²) in [6, 6.07) is 12.1. The van der Waals surface area contributed by atoms with Crippen molar-refractivity contribution in [3.63, 3.8) is 0 Å². The number of aromatic nitrogens is 4. The van der Waals surface area contributed by atoms with Crippen molar-refractivity contribution in [1.29, 1.82) is 0 Å². The van der Waals surface area contributed by atoms with Crippen LogP contribution in [0.15, 0.2) is 48.7 Å². The van der Waals surface area contributed by atoms with Crippen LogP contribution < -0.4 is 15.4 Å². The van der Waals surface area contributed by atoms with Crippen molar-refractivity contribution in [2.45, 2.75) is 123 Å². The second-order valence-corrected chi connectivity index (χ2v) is 18.3. The molecule has 5 heterocycles. The van der Waals surface area contributed by atoms with Gasteiger partial charge in [0.1, 0.15) is 36.1 Å². The van der Waals surface area contributed by atoms with E-state index in [0.717, 1.165) is 74.8 Å². The summed E-state index contributed by atoms with van der Waals surface area (Å²) in [6.45, 7) is 15.5. The smallest absolute Gasteiger partial charge is 0.407 e. The highest BCUT2D eigenvalue weighted by Gasteiger charge is 2.47. The van der Waals surface area contributed by atoms with Gasteiger partial charge in [0.05, 0.1) is 49.2 Å². The number of carbonyl (C=O) groups is 4. The molecule has 4 N–H and O–H groups in total. The number of H-pyrrole nitrogens is 2. The molecule has 16 nitrogen and oxygen atoms in total. The fourth-order valence-electron chi connectivity index (χ4n) is 10.4. The number of rotatable bonds is 13. The third-order valence-electron chi connectivity index (χ3n) is 14.5. The number of amides is 4. The second kappa shape index (κ2) is 19.4. The van der Waals surface area contributed by atoms with Crippen molar-refractivity contribution < 1.29 is 38.1 Å². The molecule has 352 valence electrons. The van der Waals surface area contributed by atoms with Crippen molar-refractivity contribution in [3.05, 3.63) is 65.9 Å². The molecule has 0 spiro atoms. The highest BCUT2D eigenvalue weighted by Crippen LogP contribution is 2.44. The zero-order valence-corrected chi connectivity index (χ0v) is 39.5. The van der Waals surface area contributed by atoms with Crippen LogP contribution in [0.2, 0.25) is 0 Å². The SMILES string of the molecule is CC[C@@H]1CC2COCCC2[C@H](NC(=O)OC)C(=O)N1[C@@H](C)c1nc2ccc3cc4c(cc3c2[nH]1)OCc1cc(-c2cnc([C@H](C)N(C(=O)C(NC(=O)OC)[C@@H](C)CC)[C@@H](C)CC)[nH]2)ccc1-4. The van der Waals surface area contributed by atoms with E-state index in [2.05, 4.69) is 63.9 Å². The van der Waals surface area contributed by atoms with E-state index in [1.165, 1.54) is 14.2 Å². The van der Waals surface area contributed by atoms with Crippen LogP contribution in [0.1, 0.15) is 110 Å². The Kier molecular flexibility index (Phi) is 13.6. The summed E-state index contributed by atoms with van der Waals surface area (Å²) in [7, 11) is 2.61. The highest BCUT2D eigenvalue weighted by atomic mass is 16.5. The summed E-state index contributed by atoms with van der Waals surface area (Å²) >= 11 is 0. The van der Waals surface area contributed by atoms with Gasteiger partial charge in [-0.15, -0.1) is 0 Å². The van der Waals surface area contributed by atoms with Crippen molar-refractivity contribution in [1.82, 2.24) is 40.4 Å². The molecule has 3 unspecified atom stereocenters. The molecule has 66 heavy (non-hydrogen) atoms. The molecular weight excluding hydrogens is 841 g/mol. The lowest BCUT2D eigenvalue weighted by atomic mass is 9.80. The number of aromatic amines is 2. The molecule has 3 aromatic carbocycles. The molecule has 3 aliphatic rings. The zero-order chi connectivity index (χ0) is 47.0. The number of methoxy groups -OCH3 is 2. The number of fused-ring (bicyclic) bond motifs is 7. The van der Waals surface area contributed by atoms with Gasteiger partial charge in [0.2, 0.25) is 11.8 Å². The van der Waals surface area contributed by atoms with Crippen LogP contribution in [0.5, 0.6) is 5.75 Å². The summed E-state index contributed by atoms with van der Waals surface area (Å²) in [5.74, 6) is 1.73. The molecule has 0 aliphatic carbocycles. The number of alkyl carbamates (subject to hydrolysis) is 2. The van der Waals surface area contributed by atoms with Gasteiger partial charge in [-0.2, -0.15) is 0 Å². The predicted molar refractivity (Wildman–Crippen MR) is 250 cm³/mol.